The maximum absolute atomic E-state index is 2.58. The van der Waals surface area contributed by atoms with Gasteiger partial charge in [-0.15, -0.1) is 0 Å². The van der Waals surface area contributed by atoms with Crippen molar-refractivity contribution in [2.45, 2.75) is 56.8 Å². The van der Waals surface area contributed by atoms with E-state index in [-0.39, 0.29) is 10.8 Å². The van der Waals surface area contributed by atoms with Crippen molar-refractivity contribution in [3.8, 4) is 89.3 Å². The van der Waals surface area contributed by atoms with Gasteiger partial charge in [0.2, 0.25) is 0 Å². The molecule has 101 heavy (non-hydrogen) atoms. The third kappa shape index (κ3) is 7.83. The zero-order valence-corrected chi connectivity index (χ0v) is 56.8. The SMILES string of the molecule is CC1(C)c2cc(-c3ccc4c(c3)C3(C5=C(CCC=C5)c5ccccc53)c3cc(-c5ccc6c(c5)C(C)(C)c5cc(-c7ccc8c(c7)c7ccccc7n8-c7ccc8ccccc8c7)ccc5-6)ccc3-4)ccc2-c2ccc(-c3ccc4c(c3)c3ccccc3n4-c3ccc4ccccc4c3)cc21. The van der Waals surface area contributed by atoms with Gasteiger partial charge in [0.25, 0.3) is 0 Å². The monoisotopic (exact) mass is 1280 g/mol. The highest BCUT2D eigenvalue weighted by Crippen LogP contribution is 2.65. The van der Waals surface area contributed by atoms with Crippen molar-refractivity contribution in [2.75, 3.05) is 0 Å². The van der Waals surface area contributed by atoms with Crippen LogP contribution in [0.25, 0.3) is 160 Å². The third-order valence-corrected chi connectivity index (χ3v) is 24.4. The van der Waals surface area contributed by atoms with Gasteiger partial charge in [0.15, 0.2) is 0 Å². The van der Waals surface area contributed by atoms with Gasteiger partial charge in [-0.2, -0.15) is 0 Å². The second kappa shape index (κ2) is 20.5. The molecule has 474 valence electrons. The fourth-order valence-electron chi connectivity index (χ4n) is 19.5. The van der Waals surface area contributed by atoms with E-state index in [0.29, 0.717) is 0 Å². The predicted octanol–water partition coefficient (Wildman–Crippen LogP) is 25.9. The maximum atomic E-state index is 2.58. The van der Waals surface area contributed by atoms with Gasteiger partial charge in [-0.1, -0.05) is 246 Å². The lowest BCUT2D eigenvalue weighted by Gasteiger charge is -2.33. The van der Waals surface area contributed by atoms with Gasteiger partial charge in [-0.05, 0) is 265 Å². The Bertz CT molecular complexity index is 6280. The van der Waals surface area contributed by atoms with Crippen LogP contribution in [0.1, 0.15) is 85.0 Å². The van der Waals surface area contributed by atoms with E-state index in [1.165, 1.54) is 210 Å². The van der Waals surface area contributed by atoms with Crippen molar-refractivity contribution < 1.29 is 0 Å². The van der Waals surface area contributed by atoms with E-state index in [9.17, 15) is 0 Å². The summed E-state index contributed by atoms with van der Waals surface area (Å²) in [5.41, 5.74) is 38.2. The average molecular weight is 1290 g/mol. The summed E-state index contributed by atoms with van der Waals surface area (Å²) >= 11 is 0. The Balaban J connectivity index is 0.605. The summed E-state index contributed by atoms with van der Waals surface area (Å²) in [7, 11) is 0. The molecule has 0 unspecified atom stereocenters. The van der Waals surface area contributed by atoms with E-state index in [1.54, 1.807) is 0 Å². The maximum Gasteiger partial charge on any atom is 0.0722 e. The van der Waals surface area contributed by atoms with Crippen LogP contribution in [0.2, 0.25) is 0 Å². The standard InChI is InChI=1S/C99H68N2/c1-97(2)87-53-65(63-37-47-95-83(51-63)81-23-11-15-27-93(81)100(95)71-39-29-59-17-5-7-19-61(59)49-71)31-41-75(87)77-43-33-67(55-89(77)97)69-35-45-79-80-46-36-70(58-92(80)99(91(79)57-69)85-25-13-9-21-73(85)74-22-10-14-26-86(74)99)68-34-44-78-76-42-32-66(54-88(76)98(3,4)90(78)56-68)64-38-48-96-84(52-64)82-24-12-16-28-94(82)101(96)72-40-30-60-18-6-8-20-62(60)50-72/h5-9,11-21,23-58H,10,22H2,1-4H3. The second-order valence-corrected chi connectivity index (χ2v) is 30.2. The molecular weight excluding hydrogens is 1220 g/mol. The first-order valence-electron chi connectivity index (χ1n) is 36.0. The minimum absolute atomic E-state index is 0.229. The molecule has 0 saturated carbocycles. The molecule has 2 nitrogen and oxygen atoms in total. The van der Waals surface area contributed by atoms with Crippen LogP contribution in [0.4, 0.5) is 0 Å². The Kier molecular flexibility index (Phi) is 11.5. The van der Waals surface area contributed by atoms with Crippen molar-refractivity contribution in [3.05, 3.63) is 366 Å². The lowest BCUT2D eigenvalue weighted by Crippen LogP contribution is -2.27. The molecule has 1 spiro atoms. The number of rotatable bonds is 6. The van der Waals surface area contributed by atoms with Gasteiger partial charge in [0, 0.05) is 43.7 Å². The van der Waals surface area contributed by atoms with Crippen LogP contribution in [0, 0.1) is 0 Å². The molecule has 0 atom stereocenters. The minimum Gasteiger partial charge on any atom is -0.309 e. The molecular formula is C99H68N2. The highest BCUT2D eigenvalue weighted by Gasteiger charge is 2.53. The number of hydrogen-bond acceptors (Lipinski definition) is 0. The molecule has 2 aromatic heterocycles. The van der Waals surface area contributed by atoms with Gasteiger partial charge in [-0.25, -0.2) is 0 Å². The van der Waals surface area contributed by atoms with E-state index in [0.717, 1.165) is 12.8 Å². The Morgan fingerprint density at radius 1 is 0.257 bits per heavy atom. The molecule has 5 aliphatic rings. The number of aromatic nitrogens is 2. The number of benzene rings is 15. The zero-order chi connectivity index (χ0) is 66.8. The predicted molar refractivity (Wildman–Crippen MR) is 424 cm³/mol. The average Bonchev–Trinajstić information content (AvgIpc) is 1.51. The third-order valence-electron chi connectivity index (χ3n) is 24.4. The fourth-order valence-corrected chi connectivity index (χ4v) is 19.5. The molecule has 0 bridgehead atoms. The number of fused-ring (bicyclic) bond motifs is 23. The first-order chi connectivity index (χ1) is 49.5. The quantitative estimate of drug-likeness (QED) is 0.157. The van der Waals surface area contributed by atoms with Crippen LogP contribution in [0.15, 0.2) is 321 Å². The highest BCUT2D eigenvalue weighted by molar-refractivity contribution is 6.12. The van der Waals surface area contributed by atoms with Crippen LogP contribution in [0.5, 0.6) is 0 Å². The molecule has 2 heteroatoms. The Morgan fingerprint density at radius 2 is 0.604 bits per heavy atom. The van der Waals surface area contributed by atoms with Gasteiger partial charge < -0.3 is 9.13 Å². The molecule has 17 aromatic rings. The first kappa shape index (κ1) is 56.9. The topological polar surface area (TPSA) is 9.86 Å². The smallest absolute Gasteiger partial charge is 0.0722 e. The lowest BCUT2D eigenvalue weighted by molar-refractivity contribution is 0.660. The molecule has 0 fully saturated rings. The molecule has 2 heterocycles. The number of para-hydroxylation sites is 2. The van der Waals surface area contributed by atoms with E-state index in [4.69, 9.17) is 0 Å². The minimum atomic E-state index is -0.479. The van der Waals surface area contributed by atoms with Crippen molar-refractivity contribution in [3.63, 3.8) is 0 Å². The van der Waals surface area contributed by atoms with E-state index < -0.39 is 5.41 Å². The molecule has 5 aliphatic carbocycles. The summed E-state index contributed by atoms with van der Waals surface area (Å²) in [6.07, 6.45) is 7.01. The fraction of sp³-hybridized carbons (Fsp3) is 0.0909. The van der Waals surface area contributed by atoms with E-state index in [2.05, 4.69) is 352 Å². The normalized spacial score (nSPS) is 15.2. The molecule has 0 aliphatic heterocycles. The van der Waals surface area contributed by atoms with Crippen LogP contribution in [0.3, 0.4) is 0 Å². The summed E-state index contributed by atoms with van der Waals surface area (Å²) in [5.74, 6) is 0. The largest absolute Gasteiger partial charge is 0.309 e. The Morgan fingerprint density at radius 3 is 1.05 bits per heavy atom. The van der Waals surface area contributed by atoms with E-state index >= 15 is 0 Å². The van der Waals surface area contributed by atoms with Gasteiger partial charge >= 0.3 is 0 Å². The van der Waals surface area contributed by atoms with Crippen molar-refractivity contribution in [2.24, 2.45) is 0 Å². The summed E-state index contributed by atoms with van der Waals surface area (Å²) in [5, 5.41) is 10.1. The molecule has 15 aromatic carbocycles. The molecule has 0 radical (unpaired) electrons. The summed E-state index contributed by atoms with van der Waals surface area (Å²) in [4.78, 5) is 0. The Hall–Kier alpha value is -12.1. The zero-order valence-electron chi connectivity index (χ0n) is 56.8. The van der Waals surface area contributed by atoms with Crippen LogP contribution < -0.4 is 0 Å². The van der Waals surface area contributed by atoms with Crippen molar-refractivity contribution in [1.29, 1.82) is 0 Å². The van der Waals surface area contributed by atoms with Crippen LogP contribution in [-0.2, 0) is 16.2 Å². The van der Waals surface area contributed by atoms with Crippen LogP contribution >= 0.6 is 0 Å². The van der Waals surface area contributed by atoms with Gasteiger partial charge in [-0.3, -0.25) is 0 Å². The molecule has 0 N–H and O–H groups in total. The highest BCUT2D eigenvalue weighted by atomic mass is 15.0. The number of allylic oxidation sites excluding steroid dienone is 4. The summed E-state index contributed by atoms with van der Waals surface area (Å²) in [6.45, 7) is 9.73. The number of nitrogens with zero attached hydrogens (tertiary/aromatic N) is 2. The van der Waals surface area contributed by atoms with Crippen molar-refractivity contribution >= 4 is 70.7 Å². The summed E-state index contributed by atoms with van der Waals surface area (Å²) in [6, 6.07) is 116. The van der Waals surface area contributed by atoms with Gasteiger partial charge in [0.05, 0.1) is 27.5 Å². The number of hydrogen-bond donors (Lipinski definition) is 0. The summed E-state index contributed by atoms with van der Waals surface area (Å²) < 4.78 is 4.87. The lowest BCUT2D eigenvalue weighted by atomic mass is 9.68. The van der Waals surface area contributed by atoms with Crippen molar-refractivity contribution in [1.82, 2.24) is 9.13 Å². The van der Waals surface area contributed by atoms with E-state index in [1.807, 2.05) is 0 Å². The molecule has 22 rings (SSSR count). The second-order valence-electron chi connectivity index (χ2n) is 30.2. The molecule has 0 amide bonds. The first-order valence-corrected chi connectivity index (χ1v) is 36.0. The van der Waals surface area contributed by atoms with Gasteiger partial charge in [0.1, 0.15) is 0 Å². The molecule has 0 saturated heterocycles. The Labute approximate surface area is 587 Å². The van der Waals surface area contributed by atoms with Crippen LogP contribution in [-0.4, -0.2) is 9.13 Å².